The molecular formula is C38H37N3. The molecule has 0 unspecified atom stereocenters. The minimum absolute atomic E-state index is 0.901. The van der Waals surface area contributed by atoms with Gasteiger partial charge in [0.1, 0.15) is 0 Å². The van der Waals surface area contributed by atoms with Crippen molar-refractivity contribution in [3.8, 4) is 27.9 Å². The Bertz CT molecular complexity index is 1850. The average molecular weight is 536 g/mol. The molecule has 0 atom stereocenters. The Morgan fingerprint density at radius 1 is 0.780 bits per heavy atom. The third kappa shape index (κ3) is 5.13. The highest BCUT2D eigenvalue weighted by molar-refractivity contribution is 6.00. The van der Waals surface area contributed by atoms with Gasteiger partial charge in [-0.3, -0.25) is 4.98 Å². The molecule has 0 aliphatic heterocycles. The lowest BCUT2D eigenvalue weighted by molar-refractivity contribution is 1.10. The first-order chi connectivity index (χ1) is 20.2. The Hall–Kier alpha value is -4.73. The van der Waals surface area contributed by atoms with Crippen molar-refractivity contribution in [2.75, 3.05) is 7.05 Å². The summed E-state index contributed by atoms with van der Waals surface area (Å²) < 4.78 is 2.36. The van der Waals surface area contributed by atoms with E-state index in [0.29, 0.717) is 0 Å². The van der Waals surface area contributed by atoms with Crippen LogP contribution in [0.3, 0.4) is 0 Å². The number of hydrogen-bond acceptors (Lipinski definition) is 2. The van der Waals surface area contributed by atoms with Gasteiger partial charge in [-0.2, -0.15) is 0 Å². The van der Waals surface area contributed by atoms with E-state index in [9.17, 15) is 0 Å². The van der Waals surface area contributed by atoms with Crippen molar-refractivity contribution in [1.82, 2.24) is 9.55 Å². The van der Waals surface area contributed by atoms with Crippen LogP contribution in [0.4, 0.5) is 0 Å². The van der Waals surface area contributed by atoms with Crippen LogP contribution in [0.15, 0.2) is 116 Å². The van der Waals surface area contributed by atoms with Crippen LogP contribution in [0.25, 0.3) is 61.4 Å². The molecule has 41 heavy (non-hydrogen) atoms. The maximum absolute atomic E-state index is 4.64. The first-order valence-corrected chi connectivity index (χ1v) is 14.3. The number of hydrogen-bond donors (Lipinski definition) is 1. The minimum Gasteiger partial charge on any atom is -0.333 e. The molecule has 7 rings (SSSR count). The molecule has 0 saturated carbocycles. The van der Waals surface area contributed by atoms with Crippen molar-refractivity contribution < 1.29 is 0 Å². The van der Waals surface area contributed by atoms with E-state index in [2.05, 4.69) is 132 Å². The van der Waals surface area contributed by atoms with Gasteiger partial charge in [0, 0.05) is 28.2 Å². The summed E-state index contributed by atoms with van der Waals surface area (Å²) in [6.45, 7) is 10.5. The van der Waals surface area contributed by atoms with E-state index in [4.69, 9.17) is 0 Å². The third-order valence-corrected chi connectivity index (χ3v) is 7.45. The summed E-state index contributed by atoms with van der Waals surface area (Å²) in [5.41, 5.74) is 17.6. The van der Waals surface area contributed by atoms with Crippen molar-refractivity contribution in [1.29, 1.82) is 0 Å². The van der Waals surface area contributed by atoms with Gasteiger partial charge in [0.05, 0.1) is 16.7 Å². The van der Waals surface area contributed by atoms with Crippen LogP contribution in [0.5, 0.6) is 0 Å². The van der Waals surface area contributed by atoms with Gasteiger partial charge in [0.2, 0.25) is 0 Å². The molecule has 6 aromatic rings. The van der Waals surface area contributed by atoms with E-state index < -0.39 is 0 Å². The molecule has 0 bridgehead atoms. The number of allylic oxidation sites excluding steroid dienone is 2. The molecule has 0 spiro atoms. The maximum atomic E-state index is 4.64. The largest absolute Gasteiger partial charge is 0.333 e. The smallest absolute Gasteiger partial charge is 0.0708 e. The normalized spacial score (nSPS) is 11.9. The number of nitrogens with two attached hydrogens (primary N) is 1. The van der Waals surface area contributed by atoms with Crippen molar-refractivity contribution in [2.45, 2.75) is 27.2 Å². The molecule has 0 amide bonds. The van der Waals surface area contributed by atoms with Gasteiger partial charge in [-0.05, 0) is 90.7 Å². The second-order valence-corrected chi connectivity index (χ2v) is 9.83. The number of benzene rings is 4. The second kappa shape index (κ2) is 12.2. The molecule has 1 aliphatic rings. The molecule has 0 fully saturated rings. The van der Waals surface area contributed by atoms with E-state index in [1.54, 1.807) is 0 Å². The van der Waals surface area contributed by atoms with E-state index in [0.717, 1.165) is 23.0 Å². The molecule has 0 radical (unpaired) electrons. The Morgan fingerprint density at radius 2 is 1.44 bits per heavy atom. The summed E-state index contributed by atoms with van der Waals surface area (Å²) >= 11 is 0. The highest BCUT2D eigenvalue weighted by Crippen LogP contribution is 2.40. The van der Waals surface area contributed by atoms with E-state index in [1.165, 1.54) is 62.6 Å². The summed E-state index contributed by atoms with van der Waals surface area (Å²) in [7, 11) is 1.50. The predicted molar refractivity (Wildman–Crippen MR) is 178 cm³/mol. The molecule has 3 heteroatoms. The number of aryl methyl sites for hydroxylation is 1. The Labute approximate surface area is 243 Å². The van der Waals surface area contributed by atoms with Gasteiger partial charge in [-0.25, -0.2) is 0 Å². The Morgan fingerprint density at radius 3 is 2.17 bits per heavy atom. The number of aromatic nitrogens is 2. The summed E-state index contributed by atoms with van der Waals surface area (Å²) in [6, 6.07) is 35.0. The molecule has 1 aliphatic carbocycles. The van der Waals surface area contributed by atoms with Crippen molar-refractivity contribution >= 4 is 33.5 Å². The van der Waals surface area contributed by atoms with Gasteiger partial charge in [0.15, 0.2) is 0 Å². The number of rotatable bonds is 3. The molecule has 3 nitrogen and oxygen atoms in total. The lowest BCUT2D eigenvalue weighted by atomic mass is 9.92. The third-order valence-electron chi connectivity index (χ3n) is 7.45. The van der Waals surface area contributed by atoms with E-state index in [-0.39, 0.29) is 0 Å². The molecule has 2 aromatic heterocycles. The zero-order valence-electron chi connectivity index (χ0n) is 24.4. The van der Waals surface area contributed by atoms with E-state index >= 15 is 0 Å². The summed E-state index contributed by atoms with van der Waals surface area (Å²) in [6.07, 6.45) is 7.22. The van der Waals surface area contributed by atoms with Crippen LogP contribution >= 0.6 is 0 Å². The monoisotopic (exact) mass is 535 g/mol. The fourth-order valence-electron chi connectivity index (χ4n) is 5.60. The lowest BCUT2D eigenvalue weighted by Gasteiger charge is -2.15. The van der Waals surface area contributed by atoms with Crippen LogP contribution in [0, 0.1) is 6.92 Å². The second-order valence-electron chi connectivity index (χ2n) is 9.83. The van der Waals surface area contributed by atoms with Crippen LogP contribution < -0.4 is 5.73 Å². The van der Waals surface area contributed by atoms with Gasteiger partial charge in [0.25, 0.3) is 0 Å². The SMILES string of the molecule is C=C1CC=Cc2c1c1ccccc1n2-c1ccc(-c2cc3ncccc3cc2-c2ccc(C)cc2)cc1.CC.CN. The topological polar surface area (TPSA) is 43.8 Å². The Balaban J connectivity index is 0.000000810. The fourth-order valence-corrected chi connectivity index (χ4v) is 5.60. The summed E-state index contributed by atoms with van der Waals surface area (Å²) in [4.78, 5) is 4.64. The molecular weight excluding hydrogens is 498 g/mol. The molecule has 204 valence electrons. The standard InChI is InChI=1S/C35H26N2.C2H6.CH5N/c1-23-12-14-25(15-13-23)30-21-27-8-6-20-36-32(27)22-31(30)26-16-18-28(19-17-26)37-33-10-4-3-9-29(33)35-24(2)7-5-11-34(35)37;2*1-2/h3-6,8-22H,2,7H2,1H3;1-2H3;2H2,1H3. The van der Waals surface area contributed by atoms with Gasteiger partial charge in [-0.1, -0.05) is 92.7 Å². The van der Waals surface area contributed by atoms with Crippen LogP contribution in [0.2, 0.25) is 0 Å². The molecule has 0 saturated heterocycles. The van der Waals surface area contributed by atoms with Gasteiger partial charge in [-0.15, -0.1) is 0 Å². The number of pyridine rings is 1. The van der Waals surface area contributed by atoms with Crippen LogP contribution in [0.1, 0.15) is 37.1 Å². The highest BCUT2D eigenvalue weighted by atomic mass is 15.0. The molecule has 2 N–H and O–H groups in total. The zero-order chi connectivity index (χ0) is 28.9. The summed E-state index contributed by atoms with van der Waals surface area (Å²) in [5, 5.41) is 2.41. The number of fused-ring (bicyclic) bond motifs is 4. The fraction of sp³-hybridized carbons (Fsp3) is 0.132. The first kappa shape index (κ1) is 27.8. The average Bonchev–Trinajstić information content (AvgIpc) is 3.38. The highest BCUT2D eigenvalue weighted by Gasteiger charge is 2.20. The molecule has 4 aromatic carbocycles. The van der Waals surface area contributed by atoms with Crippen molar-refractivity contribution in [3.05, 3.63) is 133 Å². The lowest BCUT2D eigenvalue weighted by Crippen LogP contribution is -1.99. The molecule has 2 heterocycles. The van der Waals surface area contributed by atoms with Crippen molar-refractivity contribution in [2.24, 2.45) is 5.73 Å². The number of nitrogens with zero attached hydrogens (tertiary/aromatic N) is 2. The van der Waals surface area contributed by atoms with Gasteiger partial charge < -0.3 is 10.3 Å². The first-order valence-electron chi connectivity index (χ1n) is 14.3. The minimum atomic E-state index is 0.901. The predicted octanol–water partition coefficient (Wildman–Crippen LogP) is 9.85. The number of para-hydroxylation sites is 1. The van der Waals surface area contributed by atoms with E-state index in [1.807, 2.05) is 26.1 Å². The van der Waals surface area contributed by atoms with Crippen molar-refractivity contribution in [3.63, 3.8) is 0 Å². The zero-order valence-corrected chi connectivity index (χ0v) is 24.4. The van der Waals surface area contributed by atoms with Crippen LogP contribution in [-0.2, 0) is 0 Å². The quantitative estimate of drug-likeness (QED) is 0.245. The Kier molecular flexibility index (Phi) is 8.28. The van der Waals surface area contributed by atoms with Crippen LogP contribution in [-0.4, -0.2) is 16.6 Å². The maximum Gasteiger partial charge on any atom is 0.0708 e. The van der Waals surface area contributed by atoms with Gasteiger partial charge >= 0.3 is 0 Å². The summed E-state index contributed by atoms with van der Waals surface area (Å²) in [5.74, 6) is 0.